The molecule has 1 rings (SSSR count). The zero-order valence-corrected chi connectivity index (χ0v) is 11.0. The first-order chi connectivity index (χ1) is 7.23. The monoisotopic (exact) mass is 322 g/mol. The summed E-state index contributed by atoms with van der Waals surface area (Å²) in [6, 6.07) is 7.01. The van der Waals surface area contributed by atoms with Crippen molar-refractivity contribution < 1.29 is 50.5 Å². The molecule has 0 aliphatic carbocycles. The Kier molecular flexibility index (Phi) is 6.08. The van der Waals surface area contributed by atoms with Crippen LogP contribution in [0.15, 0.2) is 30.3 Å². The standard InChI is InChI=1S/C7H10O7P2.Fe/c8-7(15(9,10)11)16(12,13)14-6-4-2-1-3-5-6;/h1-5,7-8H,(H,12,13)(H2,9,10,11);/q;+2/p-2. The molecule has 17 heavy (non-hydrogen) atoms. The van der Waals surface area contributed by atoms with Gasteiger partial charge in [-0.3, -0.25) is 4.57 Å². The van der Waals surface area contributed by atoms with Crippen LogP contribution in [-0.4, -0.2) is 15.6 Å². The molecular formula is C7H8FeO7P2. The maximum Gasteiger partial charge on any atom is 2.00 e. The van der Waals surface area contributed by atoms with Gasteiger partial charge in [0.25, 0.3) is 0 Å². The average Bonchev–Trinajstić information content (AvgIpc) is 2.16. The Bertz CT molecular complexity index is 445. The van der Waals surface area contributed by atoms with Gasteiger partial charge in [-0.1, -0.05) is 18.2 Å². The van der Waals surface area contributed by atoms with Crippen LogP contribution in [0, 0.1) is 0 Å². The number of hydrogen-bond donors (Lipinski definition) is 2. The van der Waals surface area contributed by atoms with Crippen LogP contribution < -0.4 is 14.3 Å². The SMILES string of the molecule is O=P([O-])(O)C(O)P(=O)([O-])Oc1ccccc1.[Fe+2]. The van der Waals surface area contributed by atoms with E-state index in [1.165, 1.54) is 24.3 Å². The van der Waals surface area contributed by atoms with Crippen LogP contribution >= 0.6 is 15.2 Å². The van der Waals surface area contributed by atoms with E-state index in [4.69, 9.17) is 10.00 Å². The summed E-state index contributed by atoms with van der Waals surface area (Å²) in [4.78, 5) is 30.0. The molecule has 0 aliphatic heterocycles. The molecule has 0 amide bonds. The van der Waals surface area contributed by atoms with E-state index in [9.17, 15) is 18.9 Å². The quantitative estimate of drug-likeness (QED) is 0.561. The van der Waals surface area contributed by atoms with E-state index in [-0.39, 0.29) is 22.8 Å². The number of aliphatic hydroxyl groups excluding tert-OH is 1. The molecule has 1 aromatic carbocycles. The smallest absolute Gasteiger partial charge is 0.776 e. The Balaban J connectivity index is 0.00000256. The van der Waals surface area contributed by atoms with Gasteiger partial charge in [0.2, 0.25) is 7.60 Å². The number of rotatable bonds is 4. The maximum absolute atomic E-state index is 11.2. The Hall–Kier alpha value is -0.161. The minimum atomic E-state index is -5.41. The van der Waals surface area contributed by atoms with Crippen molar-refractivity contribution in [1.82, 2.24) is 0 Å². The van der Waals surface area contributed by atoms with Crippen molar-refractivity contribution in [3.63, 3.8) is 0 Å². The third-order valence-corrected chi connectivity index (χ3v) is 4.89. The molecule has 0 saturated carbocycles. The summed E-state index contributed by atoms with van der Waals surface area (Å²) in [5.74, 6) is -0.159. The van der Waals surface area contributed by atoms with Gasteiger partial charge in [-0.2, -0.15) is 0 Å². The minimum absolute atomic E-state index is 0. The van der Waals surface area contributed by atoms with Gasteiger partial charge < -0.3 is 28.9 Å². The molecule has 0 aromatic heterocycles. The van der Waals surface area contributed by atoms with E-state index in [1.807, 2.05) is 0 Å². The van der Waals surface area contributed by atoms with Crippen LogP contribution in [-0.2, 0) is 26.2 Å². The Labute approximate surface area is 108 Å². The van der Waals surface area contributed by atoms with Gasteiger partial charge in [0.1, 0.15) is 5.75 Å². The van der Waals surface area contributed by atoms with Crippen molar-refractivity contribution in [2.45, 2.75) is 5.59 Å². The van der Waals surface area contributed by atoms with Crippen LogP contribution in [0.2, 0.25) is 0 Å². The maximum atomic E-state index is 11.2. The van der Waals surface area contributed by atoms with E-state index < -0.39 is 20.8 Å². The van der Waals surface area contributed by atoms with Crippen molar-refractivity contribution >= 4 is 15.2 Å². The van der Waals surface area contributed by atoms with Gasteiger partial charge in [-0.05, 0) is 12.1 Å². The predicted octanol–water partition coefficient (Wildman–Crippen LogP) is -0.562. The summed E-state index contributed by atoms with van der Waals surface area (Å²) in [5.41, 5.74) is -2.97. The molecule has 3 unspecified atom stereocenters. The molecule has 1 aromatic rings. The summed E-state index contributed by atoms with van der Waals surface area (Å²) < 4.78 is 25.9. The van der Waals surface area contributed by atoms with Crippen LogP contribution in [0.1, 0.15) is 0 Å². The van der Waals surface area contributed by atoms with Crippen LogP contribution in [0.5, 0.6) is 5.75 Å². The van der Waals surface area contributed by atoms with Crippen LogP contribution in [0.25, 0.3) is 0 Å². The first-order valence-corrected chi connectivity index (χ1v) is 7.26. The molecule has 0 heterocycles. The molecular weight excluding hydrogens is 314 g/mol. The molecule has 0 aliphatic rings. The number of para-hydroxylation sites is 1. The Morgan fingerprint density at radius 3 is 2.06 bits per heavy atom. The molecule has 10 heteroatoms. The van der Waals surface area contributed by atoms with E-state index >= 15 is 0 Å². The van der Waals surface area contributed by atoms with Crippen molar-refractivity contribution in [2.24, 2.45) is 0 Å². The fourth-order valence-electron chi connectivity index (χ4n) is 0.854. The van der Waals surface area contributed by atoms with Gasteiger partial charge in [-0.25, -0.2) is 0 Å². The second-order valence-corrected chi connectivity index (χ2v) is 6.63. The topological polar surface area (TPSA) is 130 Å². The van der Waals surface area contributed by atoms with Crippen molar-refractivity contribution in [2.75, 3.05) is 0 Å². The molecule has 0 fully saturated rings. The normalized spacial score (nSPS) is 19.3. The first-order valence-electron chi connectivity index (χ1n) is 4.00. The van der Waals surface area contributed by atoms with Gasteiger partial charge in [0, 0.05) is 0 Å². The Morgan fingerprint density at radius 2 is 1.65 bits per heavy atom. The predicted molar refractivity (Wildman–Crippen MR) is 50.5 cm³/mol. The summed E-state index contributed by atoms with van der Waals surface area (Å²) in [6.07, 6.45) is 0. The summed E-state index contributed by atoms with van der Waals surface area (Å²) >= 11 is 0. The van der Waals surface area contributed by atoms with Gasteiger partial charge in [0.15, 0.2) is 13.2 Å². The summed E-state index contributed by atoms with van der Waals surface area (Å²) in [7, 11) is -10.6. The molecule has 96 valence electrons. The number of benzene rings is 1. The zero-order chi connectivity index (χ0) is 12.4. The van der Waals surface area contributed by atoms with Crippen molar-refractivity contribution in [3.05, 3.63) is 30.3 Å². The fourth-order valence-corrected chi connectivity index (χ4v) is 2.94. The number of hydrogen-bond acceptors (Lipinski definition) is 6. The van der Waals surface area contributed by atoms with Crippen molar-refractivity contribution in [3.8, 4) is 5.75 Å². The van der Waals surface area contributed by atoms with E-state index in [1.54, 1.807) is 6.07 Å². The Morgan fingerprint density at radius 1 is 1.18 bits per heavy atom. The van der Waals surface area contributed by atoms with Crippen LogP contribution in [0.4, 0.5) is 0 Å². The number of aliphatic hydroxyl groups is 1. The van der Waals surface area contributed by atoms with Crippen molar-refractivity contribution in [1.29, 1.82) is 0 Å². The molecule has 3 atom stereocenters. The van der Waals surface area contributed by atoms with Gasteiger partial charge in [0.05, 0.1) is 0 Å². The second-order valence-electron chi connectivity index (χ2n) is 2.85. The molecule has 0 spiro atoms. The molecule has 0 bridgehead atoms. The third kappa shape index (κ3) is 4.92. The molecule has 0 saturated heterocycles. The second kappa shape index (κ2) is 6.14. The average molecular weight is 322 g/mol. The van der Waals surface area contributed by atoms with Crippen LogP contribution in [0.3, 0.4) is 0 Å². The zero-order valence-electron chi connectivity index (χ0n) is 8.15. The van der Waals surface area contributed by atoms with E-state index in [0.29, 0.717) is 0 Å². The molecule has 7 nitrogen and oxygen atoms in total. The summed E-state index contributed by atoms with van der Waals surface area (Å²) in [6.45, 7) is 0. The third-order valence-electron chi connectivity index (χ3n) is 1.55. The van der Waals surface area contributed by atoms with E-state index in [2.05, 4.69) is 4.52 Å². The first kappa shape index (κ1) is 16.8. The fraction of sp³-hybridized carbons (Fsp3) is 0.143. The molecule has 0 radical (unpaired) electrons. The van der Waals surface area contributed by atoms with Gasteiger partial charge >= 0.3 is 17.1 Å². The minimum Gasteiger partial charge on any atom is -0.776 e. The summed E-state index contributed by atoms with van der Waals surface area (Å²) in [5, 5.41) is 8.85. The van der Waals surface area contributed by atoms with Gasteiger partial charge in [-0.15, -0.1) is 0 Å². The van der Waals surface area contributed by atoms with E-state index in [0.717, 1.165) is 0 Å². The largest absolute Gasteiger partial charge is 2.00 e. The molecule has 2 N–H and O–H groups in total.